The van der Waals surface area contributed by atoms with Gasteiger partial charge in [-0.1, -0.05) is 0 Å². The fourth-order valence-corrected chi connectivity index (χ4v) is 1.57. The van der Waals surface area contributed by atoms with E-state index in [1.807, 2.05) is 27.7 Å². The average Bonchev–Trinajstić information content (AvgIpc) is 2.46. The van der Waals surface area contributed by atoms with Crippen molar-refractivity contribution in [3.8, 4) is 0 Å². The van der Waals surface area contributed by atoms with Crippen molar-refractivity contribution < 1.29 is 0 Å². The van der Waals surface area contributed by atoms with E-state index in [1.54, 1.807) is 6.20 Å². The lowest BCUT2D eigenvalue weighted by molar-refractivity contribution is 0.340. The third-order valence-electron chi connectivity index (χ3n) is 2.32. The summed E-state index contributed by atoms with van der Waals surface area (Å²) in [5, 5.41) is 11.5. The first kappa shape index (κ1) is 9.89. The van der Waals surface area contributed by atoms with Crippen molar-refractivity contribution in [2.24, 2.45) is 0 Å². The van der Waals surface area contributed by atoms with Gasteiger partial charge in [0.05, 0.1) is 28.3 Å². The second-order valence-electron chi connectivity index (χ2n) is 4.63. The van der Waals surface area contributed by atoms with Crippen LogP contribution in [0.25, 0.3) is 10.9 Å². The standard InChI is InChI=1S/C10H14N4O/c1-6-8-7(13-12-6)5-11-14(9(8)15)10(2,3)4/h5H,1-4H3,(H,12,13). The molecule has 0 atom stereocenters. The molecule has 0 aromatic carbocycles. The van der Waals surface area contributed by atoms with E-state index in [1.165, 1.54) is 4.68 Å². The number of hydrogen-bond donors (Lipinski definition) is 1. The summed E-state index contributed by atoms with van der Waals surface area (Å²) < 4.78 is 1.48. The van der Waals surface area contributed by atoms with Crippen LogP contribution in [-0.4, -0.2) is 20.0 Å². The van der Waals surface area contributed by atoms with E-state index >= 15 is 0 Å². The van der Waals surface area contributed by atoms with Crippen LogP contribution in [0.15, 0.2) is 11.0 Å². The molecule has 0 amide bonds. The Labute approximate surface area is 87.1 Å². The normalized spacial score (nSPS) is 12.3. The zero-order chi connectivity index (χ0) is 11.2. The van der Waals surface area contributed by atoms with Crippen LogP contribution < -0.4 is 5.56 Å². The molecule has 0 saturated carbocycles. The van der Waals surface area contributed by atoms with Gasteiger partial charge in [-0.2, -0.15) is 10.2 Å². The van der Waals surface area contributed by atoms with Crippen LogP contribution in [0, 0.1) is 6.92 Å². The number of aromatic amines is 1. The Kier molecular flexibility index (Phi) is 1.92. The molecule has 2 aromatic heterocycles. The highest BCUT2D eigenvalue weighted by Gasteiger charge is 2.18. The molecule has 5 nitrogen and oxygen atoms in total. The minimum atomic E-state index is -0.311. The molecule has 2 rings (SSSR count). The van der Waals surface area contributed by atoms with Gasteiger partial charge in [-0.3, -0.25) is 9.89 Å². The number of nitrogens with zero attached hydrogens (tertiary/aromatic N) is 3. The Hall–Kier alpha value is -1.65. The Morgan fingerprint density at radius 1 is 1.40 bits per heavy atom. The number of aromatic nitrogens is 4. The zero-order valence-corrected chi connectivity index (χ0v) is 9.33. The Bertz CT molecular complexity index is 559. The van der Waals surface area contributed by atoms with Gasteiger partial charge in [-0.15, -0.1) is 0 Å². The molecular formula is C10H14N4O. The molecule has 0 unspecified atom stereocenters. The van der Waals surface area contributed by atoms with Crippen molar-refractivity contribution in [2.75, 3.05) is 0 Å². The van der Waals surface area contributed by atoms with Gasteiger partial charge in [-0.05, 0) is 27.7 Å². The van der Waals surface area contributed by atoms with Gasteiger partial charge in [0, 0.05) is 0 Å². The molecule has 2 heterocycles. The van der Waals surface area contributed by atoms with Crippen molar-refractivity contribution in [1.82, 2.24) is 20.0 Å². The van der Waals surface area contributed by atoms with E-state index < -0.39 is 0 Å². The van der Waals surface area contributed by atoms with E-state index in [-0.39, 0.29) is 11.1 Å². The van der Waals surface area contributed by atoms with Crippen molar-refractivity contribution in [1.29, 1.82) is 0 Å². The molecule has 0 fully saturated rings. The predicted molar refractivity (Wildman–Crippen MR) is 57.9 cm³/mol. The van der Waals surface area contributed by atoms with Crippen LogP contribution in [0.4, 0.5) is 0 Å². The number of rotatable bonds is 0. The Morgan fingerprint density at radius 3 is 2.67 bits per heavy atom. The number of aryl methyl sites for hydroxylation is 1. The van der Waals surface area contributed by atoms with Gasteiger partial charge in [0.25, 0.3) is 5.56 Å². The molecule has 0 aliphatic rings. The van der Waals surface area contributed by atoms with Gasteiger partial charge in [0.2, 0.25) is 0 Å². The summed E-state index contributed by atoms with van der Waals surface area (Å²) in [5.41, 5.74) is 1.01. The van der Waals surface area contributed by atoms with Crippen LogP contribution >= 0.6 is 0 Å². The summed E-state index contributed by atoms with van der Waals surface area (Å²) in [7, 11) is 0. The van der Waals surface area contributed by atoms with Crippen molar-refractivity contribution in [3.05, 3.63) is 22.2 Å². The smallest absolute Gasteiger partial charge is 0.276 e. The highest BCUT2D eigenvalue weighted by molar-refractivity contribution is 5.78. The Morgan fingerprint density at radius 2 is 2.07 bits per heavy atom. The number of fused-ring (bicyclic) bond motifs is 1. The van der Waals surface area contributed by atoms with Gasteiger partial charge >= 0.3 is 0 Å². The summed E-state index contributed by atoms with van der Waals surface area (Å²) >= 11 is 0. The molecule has 2 aromatic rings. The molecule has 0 aliphatic heterocycles. The maximum Gasteiger partial charge on any atom is 0.278 e. The predicted octanol–water partition coefficient (Wildman–Crippen LogP) is 1.18. The molecule has 0 aliphatic carbocycles. The lowest BCUT2D eigenvalue weighted by Gasteiger charge is -2.19. The lowest BCUT2D eigenvalue weighted by Crippen LogP contribution is -2.35. The highest BCUT2D eigenvalue weighted by atomic mass is 16.1. The number of nitrogens with one attached hydrogen (secondary N) is 1. The second-order valence-corrected chi connectivity index (χ2v) is 4.63. The molecule has 0 radical (unpaired) electrons. The highest BCUT2D eigenvalue weighted by Crippen LogP contribution is 2.13. The third-order valence-corrected chi connectivity index (χ3v) is 2.32. The maximum atomic E-state index is 12.1. The minimum absolute atomic E-state index is 0.0914. The molecule has 5 heteroatoms. The van der Waals surface area contributed by atoms with Crippen LogP contribution in [0.2, 0.25) is 0 Å². The van der Waals surface area contributed by atoms with Crippen molar-refractivity contribution in [2.45, 2.75) is 33.2 Å². The van der Waals surface area contributed by atoms with Gasteiger partial charge in [0.15, 0.2) is 0 Å². The summed E-state index contributed by atoms with van der Waals surface area (Å²) in [5.74, 6) is 0. The molecule has 80 valence electrons. The van der Waals surface area contributed by atoms with E-state index in [2.05, 4.69) is 15.3 Å². The van der Waals surface area contributed by atoms with Crippen molar-refractivity contribution >= 4 is 10.9 Å². The van der Waals surface area contributed by atoms with E-state index in [0.717, 1.165) is 5.69 Å². The summed E-state index contributed by atoms with van der Waals surface area (Å²) in [4.78, 5) is 12.1. The third kappa shape index (κ3) is 1.44. The van der Waals surface area contributed by atoms with Gasteiger partial charge in [0.1, 0.15) is 0 Å². The van der Waals surface area contributed by atoms with Gasteiger partial charge in [-0.25, -0.2) is 4.68 Å². The quantitative estimate of drug-likeness (QED) is 0.704. The van der Waals surface area contributed by atoms with Crippen LogP contribution in [-0.2, 0) is 5.54 Å². The Balaban J connectivity index is 2.87. The first-order valence-electron chi connectivity index (χ1n) is 4.85. The largest absolute Gasteiger partial charge is 0.278 e. The summed E-state index contributed by atoms with van der Waals surface area (Å²) in [6.07, 6.45) is 1.64. The molecule has 1 N–H and O–H groups in total. The second kappa shape index (κ2) is 2.92. The fraction of sp³-hybridized carbons (Fsp3) is 0.500. The number of H-pyrrole nitrogens is 1. The summed E-state index contributed by atoms with van der Waals surface area (Å²) in [6, 6.07) is 0. The van der Waals surface area contributed by atoms with E-state index in [0.29, 0.717) is 10.9 Å². The fourth-order valence-electron chi connectivity index (χ4n) is 1.57. The molecule has 0 saturated heterocycles. The topological polar surface area (TPSA) is 63.6 Å². The minimum Gasteiger partial charge on any atom is -0.276 e. The van der Waals surface area contributed by atoms with E-state index in [4.69, 9.17) is 0 Å². The van der Waals surface area contributed by atoms with Crippen LogP contribution in [0.5, 0.6) is 0 Å². The maximum absolute atomic E-state index is 12.1. The lowest BCUT2D eigenvalue weighted by atomic mass is 10.1. The molecule has 15 heavy (non-hydrogen) atoms. The summed E-state index contributed by atoms with van der Waals surface area (Å²) in [6.45, 7) is 7.65. The van der Waals surface area contributed by atoms with Crippen LogP contribution in [0.3, 0.4) is 0 Å². The zero-order valence-electron chi connectivity index (χ0n) is 9.33. The average molecular weight is 206 g/mol. The molecule has 0 spiro atoms. The van der Waals surface area contributed by atoms with Gasteiger partial charge < -0.3 is 0 Å². The SMILES string of the molecule is Cc1n[nH]c2cnn(C(C)(C)C)c(=O)c12. The molecule has 0 bridgehead atoms. The first-order valence-corrected chi connectivity index (χ1v) is 4.85. The van der Waals surface area contributed by atoms with Crippen LogP contribution in [0.1, 0.15) is 26.5 Å². The van der Waals surface area contributed by atoms with E-state index in [9.17, 15) is 4.79 Å². The first-order chi connectivity index (χ1) is 6.91. The molecular weight excluding hydrogens is 192 g/mol. The monoisotopic (exact) mass is 206 g/mol. The number of hydrogen-bond acceptors (Lipinski definition) is 3. The van der Waals surface area contributed by atoms with Crippen molar-refractivity contribution in [3.63, 3.8) is 0 Å².